The highest BCUT2D eigenvalue weighted by atomic mass is 32.2. The van der Waals surface area contributed by atoms with E-state index in [4.69, 9.17) is 14.6 Å². The Hall–Kier alpha value is -9.09. The number of benzene rings is 5. The summed E-state index contributed by atoms with van der Waals surface area (Å²) in [6, 6.07) is 26.0. The Morgan fingerprint density at radius 2 is 1.48 bits per heavy atom. The van der Waals surface area contributed by atoms with Gasteiger partial charge in [-0.15, -0.1) is 0 Å². The van der Waals surface area contributed by atoms with Crippen LogP contribution in [0, 0.1) is 0 Å². The molecule has 102 heavy (non-hydrogen) atoms. The highest BCUT2D eigenvalue weighted by Gasteiger charge is 2.47. The number of carbonyl (C=O) groups is 4. The van der Waals surface area contributed by atoms with Crippen LogP contribution in [0.15, 0.2) is 173 Å². The van der Waals surface area contributed by atoms with Crippen molar-refractivity contribution in [1.82, 2.24) is 29.8 Å². The van der Waals surface area contributed by atoms with Gasteiger partial charge >= 0.3 is 6.18 Å². The van der Waals surface area contributed by atoms with Crippen LogP contribution >= 0.6 is 0 Å². The summed E-state index contributed by atoms with van der Waals surface area (Å²) >= 11 is 0. The van der Waals surface area contributed by atoms with Crippen molar-refractivity contribution in [3.8, 4) is 11.4 Å². The maximum atomic E-state index is 14.9. The Balaban J connectivity index is 0.686. The second-order valence-electron chi connectivity index (χ2n) is 27.2. The van der Waals surface area contributed by atoms with E-state index in [0.717, 1.165) is 71.5 Å². The molecule has 11 rings (SSSR count). The van der Waals surface area contributed by atoms with E-state index < -0.39 is 72.5 Å². The van der Waals surface area contributed by atoms with Crippen LogP contribution in [0.4, 0.5) is 36.1 Å². The van der Waals surface area contributed by atoms with E-state index in [1.165, 1.54) is 35.2 Å². The van der Waals surface area contributed by atoms with Crippen LogP contribution in [0.3, 0.4) is 0 Å². The molecule has 22 nitrogen and oxygen atoms in total. The van der Waals surface area contributed by atoms with Gasteiger partial charge in [0.2, 0.25) is 11.6 Å². The lowest BCUT2D eigenvalue weighted by molar-refractivity contribution is -0.401. The van der Waals surface area contributed by atoms with Crippen LogP contribution in [-0.4, -0.2) is 183 Å². The summed E-state index contributed by atoms with van der Waals surface area (Å²) in [5.74, 6) is -1.72. The molecule has 2 fully saturated rings. The lowest BCUT2D eigenvalue weighted by Gasteiger charge is -2.38. The van der Waals surface area contributed by atoms with Crippen molar-refractivity contribution in [2.24, 2.45) is 0 Å². The summed E-state index contributed by atoms with van der Waals surface area (Å²) < 4.78 is 125. The first kappa shape index (κ1) is 74.1. The van der Waals surface area contributed by atoms with E-state index in [9.17, 15) is 58.3 Å². The van der Waals surface area contributed by atoms with Crippen molar-refractivity contribution in [1.29, 1.82) is 0 Å². The summed E-state index contributed by atoms with van der Waals surface area (Å²) in [4.78, 5) is 65.6. The van der Waals surface area contributed by atoms with Crippen molar-refractivity contribution in [2.75, 3.05) is 107 Å². The number of ether oxygens (including phenoxy) is 2. The number of hydrogen-bond acceptors (Lipinski definition) is 14. The summed E-state index contributed by atoms with van der Waals surface area (Å²) in [7, 11) is -6.97. The topological polar surface area (TPSA) is 257 Å². The van der Waals surface area contributed by atoms with E-state index in [1.54, 1.807) is 54.2 Å². The molecule has 5 aliphatic rings. The van der Waals surface area contributed by atoms with Gasteiger partial charge in [-0.05, 0) is 130 Å². The predicted octanol–water partition coefficient (Wildman–Crippen LogP) is 10.5. The summed E-state index contributed by atoms with van der Waals surface area (Å²) in [5, 5.41) is 10.5. The Morgan fingerprint density at radius 1 is 0.775 bits per heavy atom. The van der Waals surface area contributed by atoms with Gasteiger partial charge in [0.15, 0.2) is 5.71 Å². The summed E-state index contributed by atoms with van der Waals surface area (Å²) in [6.07, 6.45) is 9.80. The minimum Gasteiger partial charge on any atom is -0.493 e. The molecule has 0 bridgehead atoms. The first-order chi connectivity index (χ1) is 48.4. The Morgan fingerprint density at radius 3 is 2.20 bits per heavy atom. The Bertz CT molecular complexity index is 4590. The molecule has 5 aromatic carbocycles. The molecule has 2 saturated heterocycles. The number of unbranched alkanes of at least 4 members (excludes halogenated alkanes) is 2. The maximum Gasteiger partial charge on any atom is 0.416 e. The maximum absolute atomic E-state index is 14.9. The molecule has 0 unspecified atom stereocenters. The molecule has 540 valence electrons. The zero-order valence-electron chi connectivity index (χ0n) is 58.0. The zero-order valence-corrected chi connectivity index (χ0v) is 59.6. The fraction of sp³-hybridized carbons (Fsp3) is 0.387. The molecule has 4 amide bonds. The van der Waals surface area contributed by atoms with Gasteiger partial charge in [0.05, 0.1) is 52.5 Å². The standard InChI is InChI=1S/C75H85F3N10O12S2/c1-8-86-71-59(67(68(72(86)92)81-70(91)52-20-15-21-53(43-52)75(76,77)78)51-19-16-22-54(44-51)80-69(90)50(2)49-84-38-41-99-42-39-84)48-79-88(71)55-23-17-24-56(45-55)100-40-18-32-83-34-36-85(37-35-83)66(89)27-13-10-14-33-87-63-31-29-58(102(96,97)98)47-61(63)74(5,6)65(87)26-12-9-11-25-64-73(3,4)60-46-57(101(93,94)95)28-30-62(60)82(64)7/h9,11-12,15-17,19-26,28-31,43-48,67-68H,2,8,10,13-14,18,27,32-42,49H2,1,3-7H3,(H3-,80,81,90,91,93,94,95,96,97,98)/p+1/t67-,68+/m1/s1. The third-order valence-corrected chi connectivity index (χ3v) is 21.5. The number of halogens is 3. The number of nitrogens with one attached hydrogen (secondary N) is 2. The van der Waals surface area contributed by atoms with Crippen LogP contribution in [0.1, 0.15) is 111 Å². The van der Waals surface area contributed by atoms with Gasteiger partial charge in [0.1, 0.15) is 24.7 Å². The number of anilines is 3. The van der Waals surface area contributed by atoms with Crippen LogP contribution < -0.4 is 25.2 Å². The molecule has 0 saturated carbocycles. The van der Waals surface area contributed by atoms with E-state index in [2.05, 4.69) is 31.9 Å². The second kappa shape index (κ2) is 30.5. The van der Waals surface area contributed by atoms with Gasteiger partial charge in [-0.3, -0.25) is 43.0 Å². The fourth-order valence-corrected chi connectivity index (χ4v) is 15.3. The Labute approximate surface area is 592 Å². The molecule has 27 heteroatoms. The van der Waals surface area contributed by atoms with E-state index in [-0.39, 0.29) is 27.8 Å². The largest absolute Gasteiger partial charge is 0.493 e. The van der Waals surface area contributed by atoms with E-state index in [1.807, 2.05) is 98.9 Å². The number of morpholine rings is 1. The minimum absolute atomic E-state index is 0.0948. The predicted molar refractivity (Wildman–Crippen MR) is 382 cm³/mol. The lowest BCUT2D eigenvalue weighted by Crippen LogP contribution is -2.55. The number of piperazine rings is 1. The quantitative estimate of drug-likeness (QED) is 0.0137. The van der Waals surface area contributed by atoms with Gasteiger partial charge in [-0.25, -0.2) is 4.68 Å². The third-order valence-electron chi connectivity index (χ3n) is 19.8. The first-order valence-electron chi connectivity index (χ1n) is 34.1. The molecule has 6 aromatic rings. The number of carbonyl (C=O) groups excluding carboxylic acids is 4. The molecule has 0 aliphatic carbocycles. The molecular weight excluding hydrogens is 1350 g/mol. The summed E-state index contributed by atoms with van der Waals surface area (Å²) in [5.41, 5.74) is 4.80. The van der Waals surface area contributed by atoms with Gasteiger partial charge in [-0.2, -0.15) is 39.7 Å². The number of fused-ring (bicyclic) bond motifs is 3. The Kier molecular flexibility index (Phi) is 22.1. The van der Waals surface area contributed by atoms with Gasteiger partial charge in [0, 0.05) is 141 Å². The number of hydrogen-bond donors (Lipinski definition) is 4. The van der Waals surface area contributed by atoms with E-state index >= 15 is 0 Å². The number of allylic oxidation sites excluding steroid dienone is 6. The average Bonchev–Trinajstić information content (AvgIpc) is 1.57. The highest BCUT2D eigenvalue weighted by molar-refractivity contribution is 7.86. The second-order valence-corrected chi connectivity index (χ2v) is 30.0. The molecule has 4 N–H and O–H groups in total. The number of aromatic nitrogens is 2. The summed E-state index contributed by atoms with van der Waals surface area (Å²) in [6.45, 7) is 20.9. The minimum atomic E-state index is -4.72. The molecule has 6 heterocycles. The van der Waals surface area contributed by atoms with Gasteiger partial charge in [0.25, 0.3) is 38.0 Å². The lowest BCUT2D eigenvalue weighted by atomic mass is 9.81. The molecular formula is C75H86F3N10O12S2+. The smallest absolute Gasteiger partial charge is 0.416 e. The van der Waals surface area contributed by atoms with Crippen molar-refractivity contribution in [3.05, 3.63) is 197 Å². The van der Waals surface area contributed by atoms with Crippen LogP contribution in [0.2, 0.25) is 0 Å². The van der Waals surface area contributed by atoms with Gasteiger partial charge in [-0.1, -0.05) is 69.3 Å². The monoisotopic (exact) mass is 1440 g/mol. The molecule has 1 aromatic heterocycles. The molecule has 5 aliphatic heterocycles. The fourth-order valence-electron chi connectivity index (χ4n) is 14.3. The number of rotatable bonds is 25. The number of alkyl halides is 3. The third kappa shape index (κ3) is 16.2. The van der Waals surface area contributed by atoms with Crippen LogP contribution in [0.25, 0.3) is 5.69 Å². The van der Waals surface area contributed by atoms with Crippen molar-refractivity contribution >= 4 is 72.5 Å². The number of amides is 4. The molecule has 0 spiro atoms. The number of likely N-dealkylation sites (N-methyl/N-ethyl adjacent to an activating group) is 1. The van der Waals surface area contributed by atoms with Crippen molar-refractivity contribution in [2.45, 2.75) is 105 Å². The van der Waals surface area contributed by atoms with Crippen LogP contribution in [-0.2, 0) is 56.4 Å². The van der Waals surface area contributed by atoms with Crippen molar-refractivity contribution < 1.29 is 72.3 Å². The molecule has 0 radical (unpaired) electrons. The van der Waals surface area contributed by atoms with Crippen molar-refractivity contribution in [3.63, 3.8) is 0 Å². The number of nitrogens with zero attached hydrogens (tertiary/aromatic N) is 8. The first-order valence-corrected chi connectivity index (χ1v) is 37.0. The molecule has 2 atom stereocenters. The zero-order chi connectivity index (χ0) is 73.1. The van der Waals surface area contributed by atoms with E-state index in [0.29, 0.717) is 131 Å². The SMILES string of the molecule is C=C(CN1CCOCC1)C(=O)Nc1cccc([C@@H]2c3cnn(-c4cccc(OCCCN5CCN(C(=O)CCCCCN6/C(=C/C=C/C=C/C7=[N+](C)c8ccc(S(=O)(=O)O)cc8C7(C)C)C(C)(C)c7cc(S(=O)(=O)O)ccc76)CC5)c4)c3N(CC)C(=O)[C@H]2NC(=O)c2cccc(C(F)(F)F)c2)c1. The van der Waals surface area contributed by atoms with Crippen LogP contribution in [0.5, 0.6) is 5.75 Å². The average molecular weight is 1440 g/mol. The highest BCUT2D eigenvalue weighted by Crippen LogP contribution is 2.49. The van der Waals surface area contributed by atoms with Gasteiger partial charge < -0.3 is 29.9 Å². The normalized spacial score (nSPS) is 19.0.